The van der Waals surface area contributed by atoms with Gasteiger partial charge in [-0.05, 0) is 24.1 Å². The van der Waals surface area contributed by atoms with E-state index in [1.807, 2.05) is 6.07 Å². The highest BCUT2D eigenvalue weighted by molar-refractivity contribution is 5.96. The van der Waals surface area contributed by atoms with Gasteiger partial charge in [0, 0.05) is 17.8 Å². The Kier molecular flexibility index (Phi) is 2.85. The van der Waals surface area contributed by atoms with Crippen LogP contribution in [0.3, 0.4) is 0 Å². The highest BCUT2D eigenvalue weighted by Crippen LogP contribution is 2.30. The molecule has 1 saturated heterocycles. The first-order valence-corrected chi connectivity index (χ1v) is 6.33. The fraction of sp³-hybridized carbons (Fsp3) is 0.286. The second-order valence-corrected chi connectivity index (χ2v) is 4.86. The van der Waals surface area contributed by atoms with Crippen molar-refractivity contribution in [3.8, 4) is 0 Å². The molecule has 2 aliphatic rings. The molecule has 1 aromatic rings. The van der Waals surface area contributed by atoms with Crippen molar-refractivity contribution in [2.45, 2.75) is 18.9 Å². The first kappa shape index (κ1) is 12.5. The second-order valence-electron chi connectivity index (χ2n) is 4.86. The minimum absolute atomic E-state index is 0.0275. The van der Waals surface area contributed by atoms with Gasteiger partial charge < -0.3 is 15.2 Å². The van der Waals surface area contributed by atoms with Crippen LogP contribution in [-0.2, 0) is 16.0 Å². The Hall–Kier alpha value is -2.50. The van der Waals surface area contributed by atoms with E-state index < -0.39 is 12.2 Å². The van der Waals surface area contributed by atoms with Crippen molar-refractivity contribution in [3.63, 3.8) is 0 Å². The van der Waals surface area contributed by atoms with Crippen LogP contribution in [0.15, 0.2) is 30.5 Å². The molecule has 2 heterocycles. The number of fused-ring (bicyclic) bond motifs is 1. The largest absolute Gasteiger partial charge is 0.509 e. The molecule has 0 bridgehead atoms. The number of amides is 2. The summed E-state index contributed by atoms with van der Waals surface area (Å²) in [6.45, 7) is 3.58. The van der Waals surface area contributed by atoms with Gasteiger partial charge in [0.1, 0.15) is 5.76 Å². The van der Waals surface area contributed by atoms with Gasteiger partial charge in [0.25, 0.3) is 0 Å². The SMILES string of the molecule is C=C(O)C1CN(c2ccc3c(c2)NC(=O)CC3)C(=O)O1. The zero-order chi connectivity index (χ0) is 14.3. The number of anilines is 2. The molecule has 2 amide bonds. The predicted molar refractivity (Wildman–Crippen MR) is 72.8 cm³/mol. The quantitative estimate of drug-likeness (QED) is 0.808. The Balaban J connectivity index is 1.88. The number of aliphatic hydroxyl groups excluding tert-OH is 1. The maximum absolute atomic E-state index is 11.8. The molecule has 1 fully saturated rings. The lowest BCUT2D eigenvalue weighted by Crippen LogP contribution is -2.26. The van der Waals surface area contributed by atoms with E-state index >= 15 is 0 Å². The van der Waals surface area contributed by atoms with E-state index in [0.717, 1.165) is 11.3 Å². The van der Waals surface area contributed by atoms with Gasteiger partial charge >= 0.3 is 6.09 Å². The number of carbonyl (C=O) groups is 2. The average Bonchev–Trinajstić information content (AvgIpc) is 2.80. The summed E-state index contributed by atoms with van der Waals surface area (Å²) in [5.41, 5.74) is 2.39. The van der Waals surface area contributed by atoms with Crippen LogP contribution in [0.25, 0.3) is 0 Å². The van der Waals surface area contributed by atoms with E-state index in [9.17, 15) is 14.7 Å². The van der Waals surface area contributed by atoms with Crippen LogP contribution in [0, 0.1) is 0 Å². The summed E-state index contributed by atoms with van der Waals surface area (Å²) in [6, 6.07) is 5.44. The summed E-state index contributed by atoms with van der Waals surface area (Å²) in [7, 11) is 0. The number of aliphatic hydroxyl groups is 1. The lowest BCUT2D eigenvalue weighted by molar-refractivity contribution is -0.116. The molecule has 20 heavy (non-hydrogen) atoms. The zero-order valence-electron chi connectivity index (χ0n) is 10.8. The fourth-order valence-electron chi connectivity index (χ4n) is 2.37. The number of nitrogens with zero attached hydrogens (tertiary/aromatic N) is 1. The maximum atomic E-state index is 11.8. The molecule has 0 radical (unpaired) electrons. The average molecular weight is 274 g/mol. The third kappa shape index (κ3) is 2.09. The number of aryl methyl sites for hydroxylation is 1. The van der Waals surface area contributed by atoms with Crippen molar-refractivity contribution >= 4 is 23.4 Å². The lowest BCUT2D eigenvalue weighted by atomic mass is 10.0. The van der Waals surface area contributed by atoms with Gasteiger partial charge in [-0.25, -0.2) is 4.79 Å². The monoisotopic (exact) mass is 274 g/mol. The van der Waals surface area contributed by atoms with Crippen LogP contribution >= 0.6 is 0 Å². The lowest BCUT2D eigenvalue weighted by Gasteiger charge is -2.20. The zero-order valence-corrected chi connectivity index (χ0v) is 10.8. The molecule has 3 rings (SSSR count). The van der Waals surface area contributed by atoms with Crippen LogP contribution in [0.2, 0.25) is 0 Å². The molecule has 0 aliphatic carbocycles. The molecule has 6 heteroatoms. The molecular weight excluding hydrogens is 260 g/mol. The van der Waals surface area contributed by atoms with E-state index in [-0.39, 0.29) is 18.2 Å². The van der Waals surface area contributed by atoms with Crippen LogP contribution in [0.4, 0.5) is 16.2 Å². The fourth-order valence-corrected chi connectivity index (χ4v) is 2.37. The minimum Gasteiger partial charge on any atom is -0.509 e. The topological polar surface area (TPSA) is 78.9 Å². The number of hydrogen-bond donors (Lipinski definition) is 2. The normalized spacial score (nSPS) is 21.2. The van der Waals surface area contributed by atoms with Crippen molar-refractivity contribution in [2.24, 2.45) is 0 Å². The molecule has 2 N–H and O–H groups in total. The van der Waals surface area contributed by atoms with E-state index in [1.165, 1.54) is 4.90 Å². The molecule has 0 spiro atoms. The van der Waals surface area contributed by atoms with Crippen LogP contribution in [0.1, 0.15) is 12.0 Å². The Morgan fingerprint density at radius 3 is 2.90 bits per heavy atom. The summed E-state index contributed by atoms with van der Waals surface area (Å²) >= 11 is 0. The van der Waals surface area contributed by atoms with E-state index in [0.29, 0.717) is 18.5 Å². The van der Waals surface area contributed by atoms with Gasteiger partial charge in [-0.1, -0.05) is 12.6 Å². The smallest absolute Gasteiger partial charge is 0.415 e. The summed E-state index contributed by atoms with van der Waals surface area (Å²) < 4.78 is 5.01. The Bertz CT molecular complexity index is 611. The van der Waals surface area contributed by atoms with Crippen LogP contribution in [-0.4, -0.2) is 29.8 Å². The van der Waals surface area contributed by atoms with Gasteiger partial charge in [-0.2, -0.15) is 0 Å². The van der Waals surface area contributed by atoms with Crippen molar-refractivity contribution in [3.05, 3.63) is 36.1 Å². The van der Waals surface area contributed by atoms with E-state index in [1.54, 1.807) is 12.1 Å². The molecule has 0 saturated carbocycles. The van der Waals surface area contributed by atoms with Gasteiger partial charge in [-0.3, -0.25) is 9.69 Å². The number of ether oxygens (including phenoxy) is 1. The van der Waals surface area contributed by atoms with Gasteiger partial charge in [0.05, 0.1) is 6.54 Å². The van der Waals surface area contributed by atoms with Crippen LogP contribution < -0.4 is 10.2 Å². The second kappa shape index (κ2) is 4.56. The summed E-state index contributed by atoms with van der Waals surface area (Å²) in [6.07, 6.45) is -0.0765. The first-order chi connectivity index (χ1) is 9.54. The minimum atomic E-state index is -0.715. The van der Waals surface area contributed by atoms with Gasteiger partial charge in [0.2, 0.25) is 5.91 Å². The summed E-state index contributed by atoms with van der Waals surface area (Å²) in [5.74, 6) is -0.202. The molecule has 2 aliphatic heterocycles. The van der Waals surface area contributed by atoms with Gasteiger partial charge in [-0.15, -0.1) is 0 Å². The summed E-state index contributed by atoms with van der Waals surface area (Å²) in [4.78, 5) is 24.6. The van der Waals surface area contributed by atoms with Crippen molar-refractivity contribution in [1.29, 1.82) is 0 Å². The van der Waals surface area contributed by atoms with Crippen LogP contribution in [0.5, 0.6) is 0 Å². The Labute approximate surface area is 115 Å². The number of cyclic esters (lactones) is 1. The first-order valence-electron chi connectivity index (χ1n) is 6.33. The van der Waals surface area contributed by atoms with Crippen molar-refractivity contribution in [1.82, 2.24) is 0 Å². The molecule has 6 nitrogen and oxygen atoms in total. The van der Waals surface area contributed by atoms with E-state index in [2.05, 4.69) is 11.9 Å². The number of nitrogens with one attached hydrogen (secondary N) is 1. The number of rotatable bonds is 2. The molecule has 1 aromatic carbocycles. The van der Waals surface area contributed by atoms with Crippen molar-refractivity contribution in [2.75, 3.05) is 16.8 Å². The highest BCUT2D eigenvalue weighted by atomic mass is 16.6. The Morgan fingerprint density at radius 1 is 1.40 bits per heavy atom. The van der Waals surface area contributed by atoms with Gasteiger partial charge in [0.15, 0.2) is 6.10 Å². The molecule has 104 valence electrons. The van der Waals surface area contributed by atoms with E-state index in [4.69, 9.17) is 4.74 Å². The number of hydrogen-bond acceptors (Lipinski definition) is 4. The molecule has 0 aromatic heterocycles. The standard InChI is InChI=1S/C14H14N2O4/c1-8(17)12-7-16(14(19)20-12)10-4-2-9-3-5-13(18)15-11(9)6-10/h2,4,6,12,17H,1,3,5,7H2,(H,15,18). The molecule has 1 unspecified atom stereocenters. The molecule has 1 atom stereocenters. The molecular formula is C14H14N2O4. The predicted octanol–water partition coefficient (Wildman–Crippen LogP) is 1.97. The highest BCUT2D eigenvalue weighted by Gasteiger charge is 2.34. The number of benzene rings is 1. The van der Waals surface area contributed by atoms with Crippen molar-refractivity contribution < 1.29 is 19.4 Å². The Morgan fingerprint density at radius 2 is 2.20 bits per heavy atom. The number of carbonyl (C=O) groups excluding carboxylic acids is 2. The third-order valence-electron chi connectivity index (χ3n) is 3.48. The maximum Gasteiger partial charge on any atom is 0.415 e. The summed E-state index contributed by atoms with van der Waals surface area (Å²) in [5, 5.41) is 12.1. The third-order valence-corrected chi connectivity index (χ3v) is 3.48.